The maximum Gasteiger partial charge on any atom is 0.306 e. The SMILES string of the molecule is O=C(Cc1csc(-c2cccc(Cl)c2)n1)NCC1CCC(C(=O)O)CC1. The van der Waals surface area contributed by atoms with Gasteiger partial charge in [0.05, 0.1) is 18.0 Å². The van der Waals surface area contributed by atoms with Gasteiger partial charge in [0.25, 0.3) is 0 Å². The molecule has 0 radical (unpaired) electrons. The molecule has 7 heteroatoms. The summed E-state index contributed by atoms with van der Waals surface area (Å²) in [6.07, 6.45) is 3.36. The Kier molecular flexibility index (Phi) is 6.27. The van der Waals surface area contributed by atoms with E-state index in [1.54, 1.807) is 0 Å². The largest absolute Gasteiger partial charge is 0.481 e. The molecule has 1 fully saturated rings. The van der Waals surface area contributed by atoms with Crippen molar-refractivity contribution in [3.8, 4) is 10.6 Å². The summed E-state index contributed by atoms with van der Waals surface area (Å²) in [5.41, 5.74) is 1.70. The van der Waals surface area contributed by atoms with Crippen molar-refractivity contribution in [1.29, 1.82) is 0 Å². The molecule has 0 atom stereocenters. The minimum atomic E-state index is -0.702. The normalized spacial score (nSPS) is 19.9. The van der Waals surface area contributed by atoms with Gasteiger partial charge in [0, 0.05) is 22.5 Å². The van der Waals surface area contributed by atoms with Gasteiger partial charge in [-0.2, -0.15) is 0 Å². The topological polar surface area (TPSA) is 79.3 Å². The fourth-order valence-corrected chi connectivity index (χ4v) is 4.25. The first-order valence-corrected chi connectivity index (χ1v) is 9.97. The Balaban J connectivity index is 1.46. The van der Waals surface area contributed by atoms with Crippen molar-refractivity contribution in [2.75, 3.05) is 6.54 Å². The van der Waals surface area contributed by atoms with E-state index in [0.717, 1.165) is 29.1 Å². The van der Waals surface area contributed by atoms with Crippen LogP contribution in [0.25, 0.3) is 10.6 Å². The predicted molar refractivity (Wildman–Crippen MR) is 102 cm³/mol. The lowest BCUT2D eigenvalue weighted by atomic mass is 9.82. The van der Waals surface area contributed by atoms with Gasteiger partial charge < -0.3 is 10.4 Å². The Morgan fingerprint density at radius 2 is 2.04 bits per heavy atom. The van der Waals surface area contributed by atoms with E-state index in [1.165, 1.54) is 11.3 Å². The van der Waals surface area contributed by atoms with Crippen LogP contribution in [0.5, 0.6) is 0 Å². The maximum absolute atomic E-state index is 12.2. The lowest BCUT2D eigenvalue weighted by Crippen LogP contribution is -2.33. The molecule has 0 bridgehead atoms. The van der Waals surface area contributed by atoms with Crippen molar-refractivity contribution in [2.24, 2.45) is 11.8 Å². The van der Waals surface area contributed by atoms with Gasteiger partial charge in [0.15, 0.2) is 0 Å². The summed E-state index contributed by atoms with van der Waals surface area (Å²) in [7, 11) is 0. The number of aliphatic carboxylic acids is 1. The molecule has 5 nitrogen and oxygen atoms in total. The van der Waals surface area contributed by atoms with Gasteiger partial charge in [-0.05, 0) is 43.7 Å². The molecule has 0 aliphatic heterocycles. The average Bonchev–Trinajstić information content (AvgIpc) is 3.09. The summed E-state index contributed by atoms with van der Waals surface area (Å²) in [5, 5.41) is 15.4. The van der Waals surface area contributed by atoms with Crippen molar-refractivity contribution in [1.82, 2.24) is 10.3 Å². The smallest absolute Gasteiger partial charge is 0.306 e. The summed E-state index contributed by atoms with van der Waals surface area (Å²) in [6, 6.07) is 7.50. The zero-order chi connectivity index (χ0) is 18.5. The van der Waals surface area contributed by atoms with Crippen LogP contribution >= 0.6 is 22.9 Å². The third kappa shape index (κ3) is 5.05. The monoisotopic (exact) mass is 392 g/mol. The van der Waals surface area contributed by atoms with E-state index in [1.807, 2.05) is 29.6 Å². The second-order valence-corrected chi connectivity index (χ2v) is 7.99. The first-order chi connectivity index (χ1) is 12.5. The third-order valence-corrected chi connectivity index (χ3v) is 5.92. The standard InChI is InChI=1S/C19H21ClN2O3S/c20-15-3-1-2-14(8-15)18-22-16(11-26-18)9-17(23)21-10-12-4-6-13(7-5-12)19(24)25/h1-3,8,11-13H,4-7,9-10H2,(H,21,23)(H,24,25). The van der Waals surface area contributed by atoms with Crippen molar-refractivity contribution in [3.05, 3.63) is 40.4 Å². The van der Waals surface area contributed by atoms with E-state index in [4.69, 9.17) is 16.7 Å². The number of amides is 1. The number of carboxylic acid groups (broad SMARTS) is 1. The Bertz CT molecular complexity index is 785. The highest BCUT2D eigenvalue weighted by Crippen LogP contribution is 2.29. The number of thiazole rings is 1. The number of nitrogens with one attached hydrogen (secondary N) is 1. The number of nitrogens with zero attached hydrogens (tertiary/aromatic N) is 1. The Morgan fingerprint density at radius 3 is 2.73 bits per heavy atom. The molecule has 1 saturated carbocycles. The molecule has 26 heavy (non-hydrogen) atoms. The fourth-order valence-electron chi connectivity index (χ4n) is 3.24. The fraction of sp³-hybridized carbons (Fsp3) is 0.421. The Labute approximate surface area is 161 Å². The quantitative estimate of drug-likeness (QED) is 0.778. The second-order valence-electron chi connectivity index (χ2n) is 6.69. The highest BCUT2D eigenvalue weighted by atomic mass is 35.5. The molecule has 1 heterocycles. The van der Waals surface area contributed by atoms with Gasteiger partial charge in [-0.25, -0.2) is 4.98 Å². The predicted octanol–water partition coefficient (Wildman–Crippen LogP) is 4.01. The average molecular weight is 393 g/mol. The van der Waals surface area contributed by atoms with Gasteiger partial charge in [-0.15, -0.1) is 11.3 Å². The van der Waals surface area contributed by atoms with Crippen molar-refractivity contribution in [2.45, 2.75) is 32.1 Å². The molecule has 0 unspecified atom stereocenters. The van der Waals surface area contributed by atoms with Crippen LogP contribution in [0, 0.1) is 11.8 Å². The number of hydrogen-bond acceptors (Lipinski definition) is 4. The molecule has 0 spiro atoms. The number of benzene rings is 1. The lowest BCUT2D eigenvalue weighted by Gasteiger charge is -2.26. The van der Waals surface area contributed by atoms with Crippen LogP contribution in [-0.2, 0) is 16.0 Å². The van der Waals surface area contributed by atoms with Gasteiger partial charge in [-0.1, -0.05) is 23.7 Å². The molecule has 1 aromatic carbocycles. The van der Waals surface area contributed by atoms with E-state index < -0.39 is 5.97 Å². The molecular formula is C19H21ClN2O3S. The molecule has 138 valence electrons. The van der Waals surface area contributed by atoms with Crippen LogP contribution < -0.4 is 5.32 Å². The number of carbonyl (C=O) groups is 2. The molecule has 3 rings (SSSR count). The number of hydrogen-bond donors (Lipinski definition) is 2. The lowest BCUT2D eigenvalue weighted by molar-refractivity contribution is -0.143. The molecule has 1 aliphatic carbocycles. The number of aromatic nitrogens is 1. The molecular weight excluding hydrogens is 372 g/mol. The van der Waals surface area contributed by atoms with E-state index in [-0.39, 0.29) is 18.2 Å². The van der Waals surface area contributed by atoms with Crippen LogP contribution in [0.2, 0.25) is 5.02 Å². The molecule has 1 aliphatic rings. The minimum Gasteiger partial charge on any atom is -0.481 e. The molecule has 2 N–H and O–H groups in total. The first kappa shape index (κ1) is 18.9. The number of carboxylic acids is 1. The zero-order valence-electron chi connectivity index (χ0n) is 14.3. The van der Waals surface area contributed by atoms with Crippen LogP contribution in [0.1, 0.15) is 31.4 Å². The van der Waals surface area contributed by atoms with E-state index >= 15 is 0 Å². The van der Waals surface area contributed by atoms with Gasteiger partial charge >= 0.3 is 5.97 Å². The Morgan fingerprint density at radius 1 is 1.27 bits per heavy atom. The summed E-state index contributed by atoms with van der Waals surface area (Å²) >= 11 is 7.50. The Hall–Kier alpha value is -1.92. The minimum absolute atomic E-state index is 0.0479. The van der Waals surface area contributed by atoms with E-state index in [9.17, 15) is 9.59 Å². The second kappa shape index (κ2) is 8.64. The van der Waals surface area contributed by atoms with Crippen LogP contribution in [-0.4, -0.2) is 28.5 Å². The van der Waals surface area contributed by atoms with E-state index in [0.29, 0.717) is 30.3 Å². The summed E-state index contributed by atoms with van der Waals surface area (Å²) < 4.78 is 0. The maximum atomic E-state index is 12.2. The van der Waals surface area contributed by atoms with Crippen LogP contribution in [0.15, 0.2) is 29.6 Å². The highest BCUT2D eigenvalue weighted by Gasteiger charge is 2.26. The van der Waals surface area contributed by atoms with Gasteiger partial charge in [-0.3, -0.25) is 9.59 Å². The van der Waals surface area contributed by atoms with Crippen LogP contribution in [0.3, 0.4) is 0 Å². The molecule has 0 saturated heterocycles. The molecule has 2 aromatic rings. The van der Waals surface area contributed by atoms with Crippen molar-refractivity contribution in [3.63, 3.8) is 0 Å². The number of carbonyl (C=O) groups excluding carboxylic acids is 1. The molecule has 1 aromatic heterocycles. The van der Waals surface area contributed by atoms with Gasteiger partial charge in [0.2, 0.25) is 5.91 Å². The summed E-state index contributed by atoms with van der Waals surface area (Å²) in [5.74, 6) is -0.603. The summed E-state index contributed by atoms with van der Waals surface area (Å²) in [6.45, 7) is 0.608. The zero-order valence-corrected chi connectivity index (χ0v) is 15.9. The van der Waals surface area contributed by atoms with Crippen LogP contribution in [0.4, 0.5) is 0 Å². The van der Waals surface area contributed by atoms with Crippen molar-refractivity contribution < 1.29 is 14.7 Å². The van der Waals surface area contributed by atoms with Crippen molar-refractivity contribution >= 4 is 34.8 Å². The first-order valence-electron chi connectivity index (χ1n) is 8.71. The molecule has 1 amide bonds. The third-order valence-electron chi connectivity index (χ3n) is 4.75. The number of rotatable bonds is 6. The highest BCUT2D eigenvalue weighted by molar-refractivity contribution is 7.13. The number of halogens is 1. The van der Waals surface area contributed by atoms with E-state index in [2.05, 4.69) is 10.3 Å². The summed E-state index contributed by atoms with van der Waals surface area (Å²) in [4.78, 5) is 27.7. The van der Waals surface area contributed by atoms with Gasteiger partial charge in [0.1, 0.15) is 5.01 Å².